The Morgan fingerprint density at radius 3 is 2.62 bits per heavy atom. The lowest BCUT2D eigenvalue weighted by atomic mass is 10.3. The van der Waals surface area contributed by atoms with Crippen molar-refractivity contribution in [1.29, 1.82) is 0 Å². The number of anilines is 1. The summed E-state index contributed by atoms with van der Waals surface area (Å²) in [5, 5.41) is 9.16. The van der Waals surface area contributed by atoms with E-state index in [1.54, 1.807) is 0 Å². The molecule has 0 saturated carbocycles. The van der Waals surface area contributed by atoms with Crippen molar-refractivity contribution in [2.45, 2.75) is 6.18 Å². The van der Waals surface area contributed by atoms with Crippen LogP contribution >= 0.6 is 0 Å². The fourth-order valence-electron chi connectivity index (χ4n) is 0.921. The topological polar surface area (TPSA) is 64.7 Å². The molecule has 0 bridgehead atoms. The maximum absolute atomic E-state index is 11.7. The molecule has 0 aliphatic rings. The van der Waals surface area contributed by atoms with E-state index in [0.717, 1.165) is 0 Å². The number of para-hydroxylation sites is 1. The zero-order valence-electron chi connectivity index (χ0n) is 8.12. The molecule has 0 radical (unpaired) electrons. The molecule has 0 aliphatic carbocycles. The second kappa shape index (κ2) is 4.93. The summed E-state index contributed by atoms with van der Waals surface area (Å²) in [5.41, 5.74) is 5.35. The number of nitrogens with two attached hydrogens (primary N) is 1. The first-order valence-electron chi connectivity index (χ1n) is 4.25. The Kier molecular flexibility index (Phi) is 3.83. The molecular weight excluding hydrogens is 227 g/mol. The van der Waals surface area contributed by atoms with Gasteiger partial charge in [0.1, 0.15) is 23.8 Å². The number of rotatable bonds is 4. The van der Waals surface area contributed by atoms with Crippen LogP contribution in [0.3, 0.4) is 0 Å². The first-order valence-corrected chi connectivity index (χ1v) is 4.25. The summed E-state index contributed by atoms with van der Waals surface area (Å²) in [5.74, 6) is -0.129. The van der Waals surface area contributed by atoms with E-state index in [4.69, 9.17) is 15.6 Å². The number of ether oxygens (including phenoxy) is 2. The lowest BCUT2D eigenvalue weighted by Gasteiger charge is -2.11. The summed E-state index contributed by atoms with van der Waals surface area (Å²) in [7, 11) is 0. The minimum atomic E-state index is -4.40. The Labute approximate surface area is 89.4 Å². The molecule has 1 rings (SSSR count). The van der Waals surface area contributed by atoms with Gasteiger partial charge in [0.15, 0.2) is 6.79 Å². The second-order valence-electron chi connectivity index (χ2n) is 2.91. The van der Waals surface area contributed by atoms with Crippen molar-refractivity contribution in [2.75, 3.05) is 19.1 Å². The molecule has 0 spiro atoms. The highest BCUT2D eigenvalue weighted by molar-refractivity contribution is 5.61. The zero-order chi connectivity index (χ0) is 12.2. The normalized spacial score (nSPS) is 11.4. The molecule has 16 heavy (non-hydrogen) atoms. The molecule has 3 N–H and O–H groups in total. The van der Waals surface area contributed by atoms with Crippen molar-refractivity contribution in [3.05, 3.63) is 18.2 Å². The number of phenolic OH excluding ortho intramolecular Hbond substituents is 1. The van der Waals surface area contributed by atoms with E-state index in [9.17, 15) is 13.2 Å². The Balaban J connectivity index is 2.41. The lowest BCUT2D eigenvalue weighted by Crippen LogP contribution is -2.19. The molecule has 90 valence electrons. The summed E-state index contributed by atoms with van der Waals surface area (Å²) in [6.45, 7) is -1.99. The van der Waals surface area contributed by atoms with Crippen LogP contribution in [-0.4, -0.2) is 24.7 Å². The van der Waals surface area contributed by atoms with Crippen molar-refractivity contribution in [3.63, 3.8) is 0 Å². The van der Waals surface area contributed by atoms with Crippen molar-refractivity contribution in [3.8, 4) is 11.5 Å². The van der Waals surface area contributed by atoms with Crippen LogP contribution in [0.25, 0.3) is 0 Å². The number of hydrogen-bond acceptors (Lipinski definition) is 4. The molecule has 0 fully saturated rings. The predicted octanol–water partition coefficient (Wildman–Crippen LogP) is 1.89. The molecule has 4 nitrogen and oxygen atoms in total. The quantitative estimate of drug-likeness (QED) is 0.363. The zero-order valence-corrected chi connectivity index (χ0v) is 8.12. The molecule has 0 aliphatic heterocycles. The van der Waals surface area contributed by atoms with Gasteiger partial charge in [-0.1, -0.05) is 6.07 Å². The van der Waals surface area contributed by atoms with E-state index in [2.05, 4.69) is 4.74 Å². The number of nitrogen functional groups attached to an aromatic ring is 1. The SMILES string of the molecule is Nc1c(O)cccc1OCOCC(F)(F)F. The van der Waals surface area contributed by atoms with Crippen LogP contribution in [0.2, 0.25) is 0 Å². The Hall–Kier alpha value is -1.63. The lowest BCUT2D eigenvalue weighted by molar-refractivity contribution is -0.186. The molecule has 0 saturated heterocycles. The fraction of sp³-hybridized carbons (Fsp3) is 0.333. The van der Waals surface area contributed by atoms with Crippen LogP contribution < -0.4 is 10.5 Å². The largest absolute Gasteiger partial charge is 0.506 e. The Morgan fingerprint density at radius 1 is 1.31 bits per heavy atom. The van der Waals surface area contributed by atoms with Gasteiger partial charge in [-0.25, -0.2) is 0 Å². The maximum atomic E-state index is 11.7. The molecule has 1 aromatic carbocycles. The van der Waals surface area contributed by atoms with Gasteiger partial charge in [0.05, 0.1) is 0 Å². The van der Waals surface area contributed by atoms with Crippen LogP contribution in [0.5, 0.6) is 11.5 Å². The third kappa shape index (κ3) is 3.85. The minimum Gasteiger partial charge on any atom is -0.506 e. The van der Waals surface area contributed by atoms with E-state index in [1.807, 2.05) is 0 Å². The minimum absolute atomic E-state index is 0.0434. The standard InChI is InChI=1S/C9H10F3NO3/c10-9(11,12)4-15-5-16-7-3-1-2-6(14)8(7)13/h1-3,14H,4-5,13H2. The highest BCUT2D eigenvalue weighted by Gasteiger charge is 2.27. The van der Waals surface area contributed by atoms with Gasteiger partial charge in [-0.2, -0.15) is 13.2 Å². The van der Waals surface area contributed by atoms with Crippen molar-refractivity contribution in [2.24, 2.45) is 0 Å². The maximum Gasteiger partial charge on any atom is 0.411 e. The summed E-state index contributed by atoms with van der Waals surface area (Å²) in [6, 6.07) is 4.19. The van der Waals surface area contributed by atoms with Crippen LogP contribution in [-0.2, 0) is 4.74 Å². The molecule has 1 aromatic rings. The van der Waals surface area contributed by atoms with Gasteiger partial charge in [-0.05, 0) is 12.1 Å². The molecule has 0 heterocycles. The summed E-state index contributed by atoms with van der Waals surface area (Å²) in [4.78, 5) is 0. The van der Waals surface area contributed by atoms with Crippen molar-refractivity contribution < 1.29 is 27.8 Å². The van der Waals surface area contributed by atoms with Gasteiger partial charge < -0.3 is 20.3 Å². The van der Waals surface area contributed by atoms with E-state index >= 15 is 0 Å². The average Bonchev–Trinajstić information content (AvgIpc) is 2.17. The van der Waals surface area contributed by atoms with E-state index in [-0.39, 0.29) is 17.2 Å². The molecule has 0 aromatic heterocycles. The molecular formula is C9H10F3NO3. The first kappa shape index (κ1) is 12.4. The highest BCUT2D eigenvalue weighted by atomic mass is 19.4. The third-order valence-electron chi connectivity index (χ3n) is 1.61. The van der Waals surface area contributed by atoms with Crippen LogP contribution in [0.1, 0.15) is 0 Å². The predicted molar refractivity (Wildman–Crippen MR) is 50.0 cm³/mol. The van der Waals surface area contributed by atoms with Crippen LogP contribution in [0, 0.1) is 0 Å². The van der Waals surface area contributed by atoms with Gasteiger partial charge >= 0.3 is 6.18 Å². The van der Waals surface area contributed by atoms with Gasteiger partial charge in [0, 0.05) is 0 Å². The first-order chi connectivity index (χ1) is 7.40. The number of hydrogen-bond donors (Lipinski definition) is 2. The van der Waals surface area contributed by atoms with Crippen LogP contribution in [0.15, 0.2) is 18.2 Å². The van der Waals surface area contributed by atoms with Gasteiger partial charge in [-0.15, -0.1) is 0 Å². The average molecular weight is 237 g/mol. The number of aromatic hydroxyl groups is 1. The summed E-state index contributed by atoms with van der Waals surface area (Å²) >= 11 is 0. The summed E-state index contributed by atoms with van der Waals surface area (Å²) < 4.78 is 44.1. The van der Waals surface area contributed by atoms with E-state index < -0.39 is 19.6 Å². The molecule has 0 atom stereocenters. The number of phenols is 1. The van der Waals surface area contributed by atoms with Crippen molar-refractivity contribution >= 4 is 5.69 Å². The summed E-state index contributed by atoms with van der Waals surface area (Å²) in [6.07, 6.45) is -4.40. The van der Waals surface area contributed by atoms with Gasteiger partial charge in [0.2, 0.25) is 0 Å². The molecule has 7 heteroatoms. The molecule has 0 unspecified atom stereocenters. The van der Waals surface area contributed by atoms with E-state index in [1.165, 1.54) is 18.2 Å². The highest BCUT2D eigenvalue weighted by Crippen LogP contribution is 2.29. The Bertz CT molecular complexity index is 354. The number of halogens is 3. The van der Waals surface area contributed by atoms with E-state index in [0.29, 0.717) is 0 Å². The fourth-order valence-corrected chi connectivity index (χ4v) is 0.921. The number of alkyl halides is 3. The smallest absolute Gasteiger partial charge is 0.411 e. The van der Waals surface area contributed by atoms with Crippen LogP contribution in [0.4, 0.5) is 18.9 Å². The second-order valence-corrected chi connectivity index (χ2v) is 2.91. The number of benzene rings is 1. The van der Waals surface area contributed by atoms with Crippen molar-refractivity contribution in [1.82, 2.24) is 0 Å². The monoisotopic (exact) mass is 237 g/mol. The van der Waals surface area contributed by atoms with Gasteiger partial charge in [0.25, 0.3) is 0 Å². The molecule has 0 amide bonds. The van der Waals surface area contributed by atoms with Gasteiger partial charge in [-0.3, -0.25) is 0 Å². The third-order valence-corrected chi connectivity index (χ3v) is 1.61. The Morgan fingerprint density at radius 2 is 2.00 bits per heavy atom.